The number of nitrogens with one attached hydrogen (secondary N) is 2. The number of para-hydroxylation sites is 1. The first-order valence-electron chi connectivity index (χ1n) is 8.92. The summed E-state index contributed by atoms with van der Waals surface area (Å²) in [6.07, 6.45) is 1.82. The van der Waals surface area contributed by atoms with Crippen molar-refractivity contribution in [3.63, 3.8) is 0 Å². The van der Waals surface area contributed by atoms with Crippen molar-refractivity contribution in [2.24, 2.45) is 5.92 Å². The molecule has 0 atom stereocenters. The molecular formula is C21H20N2O5. The van der Waals surface area contributed by atoms with Crippen LogP contribution in [0.1, 0.15) is 40.5 Å². The molecule has 0 saturated heterocycles. The van der Waals surface area contributed by atoms with E-state index in [1.807, 2.05) is 0 Å². The van der Waals surface area contributed by atoms with E-state index in [1.54, 1.807) is 36.4 Å². The molecule has 2 aromatic rings. The average molecular weight is 380 g/mol. The number of rotatable bonds is 7. The van der Waals surface area contributed by atoms with Gasteiger partial charge in [0.2, 0.25) is 5.91 Å². The smallest absolute Gasteiger partial charge is 0.338 e. The summed E-state index contributed by atoms with van der Waals surface area (Å²) in [5.41, 5.74) is 1.62. The van der Waals surface area contributed by atoms with Crippen molar-refractivity contribution in [3.05, 3.63) is 59.7 Å². The van der Waals surface area contributed by atoms with E-state index in [2.05, 4.69) is 10.6 Å². The number of benzene rings is 2. The Kier molecular flexibility index (Phi) is 5.84. The molecule has 7 nitrogen and oxygen atoms in total. The van der Waals surface area contributed by atoms with Crippen molar-refractivity contribution < 1.29 is 23.9 Å². The van der Waals surface area contributed by atoms with Crippen LogP contribution in [0.5, 0.6) is 0 Å². The third-order valence-electron chi connectivity index (χ3n) is 4.25. The Morgan fingerprint density at radius 1 is 0.964 bits per heavy atom. The Hall–Kier alpha value is -3.48. The van der Waals surface area contributed by atoms with Crippen LogP contribution in [0, 0.1) is 5.92 Å². The van der Waals surface area contributed by atoms with Gasteiger partial charge in [0.25, 0.3) is 5.91 Å². The molecule has 0 aromatic heterocycles. The maximum atomic E-state index is 12.1. The van der Waals surface area contributed by atoms with Gasteiger partial charge in [0.05, 0.1) is 11.3 Å². The van der Waals surface area contributed by atoms with Gasteiger partial charge >= 0.3 is 5.97 Å². The Balaban J connectivity index is 1.51. The van der Waals surface area contributed by atoms with E-state index in [-0.39, 0.29) is 23.2 Å². The number of anilines is 2. The van der Waals surface area contributed by atoms with E-state index in [0.29, 0.717) is 16.9 Å². The Morgan fingerprint density at radius 3 is 2.29 bits per heavy atom. The molecule has 0 radical (unpaired) electrons. The molecule has 0 bridgehead atoms. The monoisotopic (exact) mass is 380 g/mol. The number of Topliss-reactive ketones (excluding diaryl/α,β-unsaturated/α-hetero) is 1. The predicted molar refractivity (Wildman–Crippen MR) is 103 cm³/mol. The highest BCUT2D eigenvalue weighted by Gasteiger charge is 2.29. The molecule has 0 aliphatic heterocycles. The van der Waals surface area contributed by atoms with Crippen molar-refractivity contribution in [1.82, 2.24) is 0 Å². The summed E-state index contributed by atoms with van der Waals surface area (Å²) >= 11 is 0. The normalized spacial score (nSPS) is 12.8. The van der Waals surface area contributed by atoms with Crippen LogP contribution in [0.15, 0.2) is 48.5 Å². The highest BCUT2D eigenvalue weighted by atomic mass is 16.5. The largest absolute Gasteiger partial charge is 0.452 e. The van der Waals surface area contributed by atoms with Crippen LogP contribution in [0.3, 0.4) is 0 Å². The van der Waals surface area contributed by atoms with Gasteiger partial charge in [0.1, 0.15) is 0 Å². The van der Waals surface area contributed by atoms with Crippen LogP contribution >= 0.6 is 0 Å². The quantitative estimate of drug-likeness (QED) is 0.568. The van der Waals surface area contributed by atoms with Crippen LogP contribution in [0.25, 0.3) is 0 Å². The summed E-state index contributed by atoms with van der Waals surface area (Å²) in [6.45, 7) is 0.924. The minimum Gasteiger partial charge on any atom is -0.452 e. The molecule has 1 aliphatic carbocycles. The molecule has 0 unspecified atom stereocenters. The molecule has 7 heteroatoms. The van der Waals surface area contributed by atoms with Gasteiger partial charge in [-0.05, 0) is 56.2 Å². The second-order valence-electron chi connectivity index (χ2n) is 6.57. The van der Waals surface area contributed by atoms with Crippen molar-refractivity contribution in [2.45, 2.75) is 19.8 Å². The number of carbonyl (C=O) groups excluding carboxylic acids is 4. The van der Waals surface area contributed by atoms with Gasteiger partial charge < -0.3 is 15.4 Å². The fourth-order valence-electron chi connectivity index (χ4n) is 2.58. The number of hydrogen-bond acceptors (Lipinski definition) is 5. The van der Waals surface area contributed by atoms with Crippen LogP contribution in [-0.4, -0.2) is 30.2 Å². The molecule has 2 amide bonds. The topological polar surface area (TPSA) is 102 Å². The summed E-state index contributed by atoms with van der Waals surface area (Å²) in [6, 6.07) is 12.9. The number of esters is 1. The highest BCUT2D eigenvalue weighted by molar-refractivity contribution is 6.04. The van der Waals surface area contributed by atoms with Gasteiger partial charge in [-0.25, -0.2) is 4.79 Å². The Labute approximate surface area is 162 Å². The van der Waals surface area contributed by atoms with E-state index in [4.69, 9.17) is 4.74 Å². The van der Waals surface area contributed by atoms with Gasteiger partial charge in [-0.3, -0.25) is 14.4 Å². The second kappa shape index (κ2) is 8.47. The van der Waals surface area contributed by atoms with Crippen LogP contribution < -0.4 is 10.6 Å². The molecule has 2 aromatic carbocycles. The first-order chi connectivity index (χ1) is 13.4. The lowest BCUT2D eigenvalue weighted by molar-refractivity contribution is -0.119. The fraction of sp³-hybridized carbons (Fsp3) is 0.238. The number of hydrogen-bond donors (Lipinski definition) is 2. The van der Waals surface area contributed by atoms with E-state index in [1.165, 1.54) is 19.1 Å². The molecule has 2 N–H and O–H groups in total. The zero-order valence-electron chi connectivity index (χ0n) is 15.4. The third kappa shape index (κ3) is 5.03. The van der Waals surface area contributed by atoms with Gasteiger partial charge in [-0.2, -0.15) is 0 Å². The first-order valence-corrected chi connectivity index (χ1v) is 8.92. The summed E-state index contributed by atoms with van der Waals surface area (Å²) in [5.74, 6) is -1.30. The standard InChI is InChI=1S/C21H20N2O5/c1-13(24)17-4-2-3-5-18(17)23-19(25)12-28-21(27)15-8-10-16(11-9-15)22-20(26)14-6-7-14/h2-5,8-11,14H,6-7,12H2,1H3,(H,22,26)(H,23,25). The van der Waals surface area contributed by atoms with E-state index in [9.17, 15) is 19.2 Å². The lowest BCUT2D eigenvalue weighted by Crippen LogP contribution is -2.22. The molecule has 1 fully saturated rings. The van der Waals surface area contributed by atoms with Gasteiger partial charge in [-0.1, -0.05) is 12.1 Å². The maximum absolute atomic E-state index is 12.1. The van der Waals surface area contributed by atoms with Gasteiger partial charge in [-0.15, -0.1) is 0 Å². The summed E-state index contributed by atoms with van der Waals surface area (Å²) in [4.78, 5) is 47.4. The number of carbonyl (C=O) groups is 4. The SMILES string of the molecule is CC(=O)c1ccccc1NC(=O)COC(=O)c1ccc(NC(=O)C2CC2)cc1. The predicted octanol–water partition coefficient (Wildman–Crippen LogP) is 3.03. The minimum absolute atomic E-state index is 0.0159. The van der Waals surface area contributed by atoms with Crippen molar-refractivity contribution >= 4 is 34.9 Å². The molecular weight excluding hydrogens is 360 g/mol. The molecule has 0 heterocycles. The third-order valence-corrected chi connectivity index (χ3v) is 4.25. The number of ketones is 1. The van der Waals surface area contributed by atoms with Crippen molar-refractivity contribution in [3.8, 4) is 0 Å². The Morgan fingerprint density at radius 2 is 1.64 bits per heavy atom. The van der Waals surface area contributed by atoms with Gasteiger partial charge in [0.15, 0.2) is 12.4 Å². The molecule has 0 spiro atoms. The van der Waals surface area contributed by atoms with E-state index in [0.717, 1.165) is 12.8 Å². The highest BCUT2D eigenvalue weighted by Crippen LogP contribution is 2.30. The Bertz CT molecular complexity index is 917. The van der Waals surface area contributed by atoms with E-state index < -0.39 is 18.5 Å². The van der Waals surface area contributed by atoms with E-state index >= 15 is 0 Å². The maximum Gasteiger partial charge on any atom is 0.338 e. The average Bonchev–Trinajstić information content (AvgIpc) is 3.52. The minimum atomic E-state index is -0.657. The first kappa shape index (κ1) is 19.3. The summed E-state index contributed by atoms with van der Waals surface area (Å²) in [7, 11) is 0. The summed E-state index contributed by atoms with van der Waals surface area (Å²) < 4.78 is 5.01. The molecule has 3 rings (SSSR count). The van der Waals surface area contributed by atoms with Crippen molar-refractivity contribution in [2.75, 3.05) is 17.2 Å². The molecule has 1 saturated carbocycles. The number of ether oxygens (including phenoxy) is 1. The van der Waals surface area contributed by atoms with Crippen LogP contribution in [0.2, 0.25) is 0 Å². The molecule has 1 aliphatic rings. The van der Waals surface area contributed by atoms with Gasteiger partial charge in [0, 0.05) is 17.2 Å². The lowest BCUT2D eigenvalue weighted by Gasteiger charge is -2.10. The zero-order valence-corrected chi connectivity index (χ0v) is 15.4. The molecule has 144 valence electrons. The summed E-state index contributed by atoms with van der Waals surface area (Å²) in [5, 5.41) is 5.34. The van der Waals surface area contributed by atoms with Crippen LogP contribution in [0.4, 0.5) is 11.4 Å². The second-order valence-corrected chi connectivity index (χ2v) is 6.57. The number of amides is 2. The van der Waals surface area contributed by atoms with Crippen LogP contribution in [-0.2, 0) is 14.3 Å². The molecule has 28 heavy (non-hydrogen) atoms. The fourth-order valence-corrected chi connectivity index (χ4v) is 2.58. The van der Waals surface area contributed by atoms with Crippen molar-refractivity contribution in [1.29, 1.82) is 0 Å². The zero-order chi connectivity index (χ0) is 20.1. The lowest BCUT2D eigenvalue weighted by atomic mass is 10.1.